The highest BCUT2D eigenvalue weighted by atomic mass is 16.5. The van der Waals surface area contributed by atoms with Gasteiger partial charge in [-0.2, -0.15) is 0 Å². The number of aliphatic hydroxyl groups is 1. The molecule has 1 aliphatic rings. The van der Waals surface area contributed by atoms with Crippen molar-refractivity contribution in [3.05, 3.63) is 57.9 Å². The summed E-state index contributed by atoms with van der Waals surface area (Å²) in [7, 11) is 1.54. The van der Waals surface area contributed by atoms with Crippen LogP contribution in [0.5, 0.6) is 5.75 Å². The predicted molar refractivity (Wildman–Crippen MR) is 89.4 cm³/mol. The van der Waals surface area contributed by atoms with Crippen molar-refractivity contribution >= 4 is 5.91 Å². The Balaban J connectivity index is 1.87. The van der Waals surface area contributed by atoms with Gasteiger partial charge in [0, 0.05) is 18.3 Å². The number of methoxy groups -OCH3 is 1. The van der Waals surface area contributed by atoms with Gasteiger partial charge in [0.05, 0.1) is 25.5 Å². The summed E-state index contributed by atoms with van der Waals surface area (Å²) in [5, 5.41) is 12.5. The average molecular weight is 344 g/mol. The number of hydrogen-bond donors (Lipinski definition) is 2. The number of aliphatic hydroxyl groups excluding tert-OH is 1. The second-order valence-electron chi connectivity index (χ2n) is 6.26. The molecule has 1 amide bonds. The molecule has 1 aliphatic carbocycles. The van der Waals surface area contributed by atoms with E-state index in [1.54, 1.807) is 32.5 Å². The third kappa shape index (κ3) is 3.88. The van der Waals surface area contributed by atoms with E-state index in [9.17, 15) is 14.7 Å². The molecule has 25 heavy (non-hydrogen) atoms. The summed E-state index contributed by atoms with van der Waals surface area (Å²) in [5.74, 6) is 0.514. The Labute approximate surface area is 144 Å². The molecule has 2 aromatic rings. The van der Waals surface area contributed by atoms with Gasteiger partial charge in [-0.3, -0.25) is 14.6 Å². The maximum absolute atomic E-state index is 12.6. The lowest BCUT2D eigenvalue weighted by molar-refractivity contribution is 0.0231. The number of aromatic nitrogens is 1. The highest BCUT2D eigenvalue weighted by Crippen LogP contribution is 2.38. The molecule has 7 nitrogen and oxygen atoms in total. The molecule has 0 aromatic carbocycles. The number of rotatable bonds is 5. The van der Waals surface area contributed by atoms with Crippen LogP contribution < -0.4 is 15.5 Å². The van der Waals surface area contributed by atoms with Gasteiger partial charge in [0.1, 0.15) is 11.5 Å². The van der Waals surface area contributed by atoms with Crippen LogP contribution in [0.3, 0.4) is 0 Å². The minimum Gasteiger partial charge on any atom is -0.495 e. The first-order valence-electron chi connectivity index (χ1n) is 8.06. The van der Waals surface area contributed by atoms with Crippen LogP contribution in [0.25, 0.3) is 0 Å². The van der Waals surface area contributed by atoms with Crippen LogP contribution in [-0.2, 0) is 0 Å². The summed E-state index contributed by atoms with van der Waals surface area (Å²) in [4.78, 5) is 28.3. The zero-order chi connectivity index (χ0) is 18.0. The summed E-state index contributed by atoms with van der Waals surface area (Å²) in [5.41, 5.74) is 0.493. The van der Waals surface area contributed by atoms with E-state index in [4.69, 9.17) is 9.15 Å². The Morgan fingerprint density at radius 3 is 2.76 bits per heavy atom. The Morgan fingerprint density at radius 1 is 1.36 bits per heavy atom. The Bertz CT molecular complexity index is 826. The molecule has 0 spiro atoms. The molecule has 1 saturated carbocycles. The Morgan fingerprint density at radius 2 is 2.12 bits per heavy atom. The Kier molecular flexibility index (Phi) is 4.85. The van der Waals surface area contributed by atoms with Gasteiger partial charge in [0.2, 0.25) is 0 Å². The van der Waals surface area contributed by atoms with Crippen LogP contribution >= 0.6 is 0 Å². The zero-order valence-corrected chi connectivity index (χ0v) is 14.1. The van der Waals surface area contributed by atoms with Crippen molar-refractivity contribution in [2.45, 2.75) is 31.9 Å². The minimum atomic E-state index is -0.477. The van der Waals surface area contributed by atoms with Crippen LogP contribution in [0.4, 0.5) is 0 Å². The lowest BCUT2D eigenvalue weighted by atomic mass is 9.75. The molecule has 0 aliphatic heterocycles. The standard InChI is InChI=1S/C18H20N2O5/c1-10-3-13(21)7-16(25-10)18(23)20-17(11-4-14(22)5-11)12-6-15(24-2)9-19-8-12/h3,6-9,11,14,17,22H,4-5H2,1-2H3,(H,20,23)/t11?,14?,17-/m0/s1. The van der Waals surface area contributed by atoms with E-state index >= 15 is 0 Å². The molecule has 0 radical (unpaired) electrons. The highest BCUT2D eigenvalue weighted by molar-refractivity contribution is 5.91. The molecule has 0 bridgehead atoms. The maximum atomic E-state index is 12.6. The maximum Gasteiger partial charge on any atom is 0.287 e. The molecule has 1 atom stereocenters. The highest BCUT2D eigenvalue weighted by Gasteiger charge is 2.36. The van der Waals surface area contributed by atoms with Gasteiger partial charge in [-0.05, 0) is 37.3 Å². The van der Waals surface area contributed by atoms with Gasteiger partial charge in [0.15, 0.2) is 11.2 Å². The van der Waals surface area contributed by atoms with Crippen molar-refractivity contribution in [2.75, 3.05) is 7.11 Å². The molecule has 0 saturated heterocycles. The van der Waals surface area contributed by atoms with Gasteiger partial charge in [-0.1, -0.05) is 0 Å². The van der Waals surface area contributed by atoms with E-state index in [1.807, 2.05) is 0 Å². The van der Waals surface area contributed by atoms with Gasteiger partial charge in [0.25, 0.3) is 5.91 Å². The molecular weight excluding hydrogens is 324 g/mol. The number of amides is 1. The lowest BCUT2D eigenvalue weighted by Crippen LogP contribution is -2.41. The number of nitrogens with one attached hydrogen (secondary N) is 1. The van der Waals surface area contributed by atoms with E-state index < -0.39 is 5.91 Å². The average Bonchev–Trinajstić information content (AvgIpc) is 2.56. The van der Waals surface area contributed by atoms with Crippen molar-refractivity contribution in [2.24, 2.45) is 5.92 Å². The van der Waals surface area contributed by atoms with Crippen molar-refractivity contribution in [3.8, 4) is 5.75 Å². The molecule has 132 valence electrons. The zero-order valence-electron chi connectivity index (χ0n) is 14.1. The fourth-order valence-electron chi connectivity index (χ4n) is 3.02. The van der Waals surface area contributed by atoms with Gasteiger partial charge < -0.3 is 19.6 Å². The molecule has 2 aromatic heterocycles. The molecule has 2 N–H and O–H groups in total. The number of ether oxygens (including phenoxy) is 1. The van der Waals surface area contributed by atoms with Gasteiger partial charge in [-0.15, -0.1) is 0 Å². The first-order valence-corrected chi connectivity index (χ1v) is 8.06. The first kappa shape index (κ1) is 17.2. The minimum absolute atomic E-state index is 0.0364. The summed E-state index contributed by atoms with van der Waals surface area (Å²) < 4.78 is 10.5. The van der Waals surface area contributed by atoms with Crippen LogP contribution in [0, 0.1) is 12.8 Å². The number of aryl methyl sites for hydroxylation is 1. The number of hydrogen-bond acceptors (Lipinski definition) is 6. The quantitative estimate of drug-likeness (QED) is 0.854. The van der Waals surface area contributed by atoms with Crippen molar-refractivity contribution in [1.82, 2.24) is 10.3 Å². The van der Waals surface area contributed by atoms with Crippen molar-refractivity contribution in [1.29, 1.82) is 0 Å². The van der Waals surface area contributed by atoms with E-state index in [2.05, 4.69) is 10.3 Å². The Hall–Kier alpha value is -2.67. The van der Waals surface area contributed by atoms with Crippen molar-refractivity contribution in [3.63, 3.8) is 0 Å². The van der Waals surface area contributed by atoms with E-state index in [1.165, 1.54) is 12.1 Å². The molecule has 7 heteroatoms. The summed E-state index contributed by atoms with van der Waals surface area (Å²) >= 11 is 0. The molecule has 2 heterocycles. The number of carbonyl (C=O) groups is 1. The summed E-state index contributed by atoms with van der Waals surface area (Å²) in [6.07, 6.45) is 4.04. The number of nitrogens with zero attached hydrogens (tertiary/aromatic N) is 1. The SMILES string of the molecule is COc1cncc([C@@H](NC(=O)c2cc(=O)cc(C)o2)C2CC(O)C2)c1. The smallest absolute Gasteiger partial charge is 0.287 e. The van der Waals surface area contributed by atoms with Gasteiger partial charge in [-0.25, -0.2) is 0 Å². The van der Waals surface area contributed by atoms with E-state index in [0.29, 0.717) is 24.4 Å². The van der Waals surface area contributed by atoms with Crippen molar-refractivity contribution < 1.29 is 19.1 Å². The van der Waals surface area contributed by atoms with Crippen LogP contribution in [0.2, 0.25) is 0 Å². The number of pyridine rings is 1. The first-order chi connectivity index (χ1) is 12.0. The van der Waals surface area contributed by atoms with Crippen LogP contribution in [0.1, 0.15) is 40.8 Å². The second-order valence-corrected chi connectivity index (χ2v) is 6.26. The normalized spacial score (nSPS) is 20.4. The molecule has 1 fully saturated rings. The largest absolute Gasteiger partial charge is 0.495 e. The summed E-state index contributed by atoms with van der Waals surface area (Å²) in [6, 6.07) is 3.93. The van der Waals surface area contributed by atoms with Gasteiger partial charge >= 0.3 is 0 Å². The topological polar surface area (TPSA) is 102 Å². The summed E-state index contributed by atoms with van der Waals surface area (Å²) in [6.45, 7) is 1.62. The molecule has 3 rings (SSSR count). The van der Waals surface area contributed by atoms with E-state index in [0.717, 1.165) is 5.56 Å². The van der Waals surface area contributed by atoms with E-state index in [-0.39, 0.29) is 29.3 Å². The molecule has 0 unspecified atom stereocenters. The second kappa shape index (κ2) is 7.06. The van der Waals surface area contributed by atoms with Crippen LogP contribution in [-0.4, -0.2) is 29.2 Å². The molecular formula is C18H20N2O5. The fourth-order valence-corrected chi connectivity index (χ4v) is 3.02. The fraction of sp³-hybridized carbons (Fsp3) is 0.389. The third-order valence-electron chi connectivity index (χ3n) is 4.35. The monoisotopic (exact) mass is 344 g/mol. The third-order valence-corrected chi connectivity index (χ3v) is 4.35. The number of carbonyl (C=O) groups excluding carboxylic acids is 1. The lowest BCUT2D eigenvalue weighted by Gasteiger charge is -2.38. The van der Waals surface area contributed by atoms with Crippen LogP contribution in [0.15, 0.2) is 39.8 Å². The predicted octanol–water partition coefficient (Wildman–Crippen LogP) is 1.59.